The van der Waals surface area contributed by atoms with Crippen LogP contribution < -0.4 is 0 Å². The summed E-state index contributed by atoms with van der Waals surface area (Å²) in [6, 6.07) is 0. The molecule has 4 nitrogen and oxygen atoms in total. The predicted molar refractivity (Wildman–Crippen MR) is 47.1 cm³/mol. The van der Waals surface area contributed by atoms with Gasteiger partial charge in [0, 0.05) is 25.9 Å². The van der Waals surface area contributed by atoms with E-state index >= 15 is 0 Å². The molecule has 0 aromatic carbocycles. The Bertz CT molecular complexity index is 264. The summed E-state index contributed by atoms with van der Waals surface area (Å²) in [4.78, 5) is 23.3. The van der Waals surface area contributed by atoms with Crippen LogP contribution in [0, 0.1) is 5.92 Å². The molecule has 0 unspecified atom stereocenters. The van der Waals surface area contributed by atoms with E-state index in [9.17, 15) is 9.59 Å². The van der Waals surface area contributed by atoms with Crippen molar-refractivity contribution in [1.29, 1.82) is 0 Å². The van der Waals surface area contributed by atoms with Gasteiger partial charge < -0.3 is 10.0 Å². The molecule has 0 aromatic heterocycles. The van der Waals surface area contributed by atoms with Gasteiger partial charge >= 0.3 is 5.97 Å². The number of hydrogen-bond donors (Lipinski definition) is 1. The van der Waals surface area contributed by atoms with Crippen molar-refractivity contribution in [1.82, 2.24) is 4.90 Å². The monoisotopic (exact) mass is 183 g/mol. The van der Waals surface area contributed by atoms with Gasteiger partial charge in [-0.3, -0.25) is 4.79 Å². The van der Waals surface area contributed by atoms with E-state index in [4.69, 9.17) is 5.11 Å². The molecule has 13 heavy (non-hydrogen) atoms. The zero-order valence-electron chi connectivity index (χ0n) is 7.78. The molecule has 0 amide bonds. The molecule has 72 valence electrons. The number of carbonyl (C=O) groups excluding carboxylic acids is 1. The lowest BCUT2D eigenvalue weighted by Crippen LogP contribution is -2.18. The van der Waals surface area contributed by atoms with Gasteiger partial charge in [0.15, 0.2) is 0 Å². The van der Waals surface area contributed by atoms with E-state index in [0.717, 1.165) is 12.8 Å². The number of hydrogen-bond acceptors (Lipinski definition) is 3. The van der Waals surface area contributed by atoms with E-state index in [1.165, 1.54) is 0 Å². The average Bonchev–Trinajstić information content (AvgIpc) is 2.80. The fourth-order valence-electron chi connectivity index (χ4n) is 1.15. The lowest BCUT2D eigenvalue weighted by molar-refractivity contribution is -0.147. The van der Waals surface area contributed by atoms with E-state index in [-0.39, 0.29) is 5.92 Å². The minimum atomic E-state index is -1.36. The number of Topliss-reactive ketones (excluding diaryl/α,β-unsaturated/α-hetero) is 1. The molecule has 1 aliphatic rings. The van der Waals surface area contributed by atoms with Gasteiger partial charge in [-0.15, -0.1) is 0 Å². The molecule has 1 saturated carbocycles. The van der Waals surface area contributed by atoms with Crippen LogP contribution in [0.3, 0.4) is 0 Å². The van der Waals surface area contributed by atoms with Gasteiger partial charge in [-0.1, -0.05) is 0 Å². The Morgan fingerprint density at radius 1 is 1.38 bits per heavy atom. The van der Waals surface area contributed by atoms with Gasteiger partial charge in [0.2, 0.25) is 0 Å². The molecule has 1 N–H and O–H groups in total. The first-order valence-corrected chi connectivity index (χ1v) is 4.18. The van der Waals surface area contributed by atoms with Crippen molar-refractivity contribution in [3.8, 4) is 0 Å². The van der Waals surface area contributed by atoms with Crippen molar-refractivity contribution in [2.24, 2.45) is 5.92 Å². The Balaban J connectivity index is 2.79. The van der Waals surface area contributed by atoms with Gasteiger partial charge in [-0.25, -0.2) is 4.79 Å². The first kappa shape index (κ1) is 9.77. The van der Waals surface area contributed by atoms with Gasteiger partial charge in [-0.2, -0.15) is 0 Å². The molecule has 0 bridgehead atoms. The number of rotatable bonds is 4. The molecule has 1 fully saturated rings. The van der Waals surface area contributed by atoms with Crippen molar-refractivity contribution in [3.05, 3.63) is 11.8 Å². The highest BCUT2D eigenvalue weighted by molar-refractivity contribution is 6.39. The second kappa shape index (κ2) is 3.60. The zero-order chi connectivity index (χ0) is 10.0. The van der Waals surface area contributed by atoms with Gasteiger partial charge in [-0.05, 0) is 18.8 Å². The number of ketones is 1. The van der Waals surface area contributed by atoms with Crippen molar-refractivity contribution >= 4 is 11.8 Å². The molecular formula is C9H13NO3. The fourth-order valence-corrected chi connectivity index (χ4v) is 1.15. The number of nitrogens with zero attached hydrogens (tertiary/aromatic N) is 1. The van der Waals surface area contributed by atoms with Crippen LogP contribution in [0.5, 0.6) is 0 Å². The standard InChI is InChI=1S/C9H13NO3/c1-10(2)5-7(6-3-4-6)8(11)9(12)13/h5-6H,3-4H2,1-2H3,(H,12,13)/b7-5-. The van der Waals surface area contributed by atoms with Crippen molar-refractivity contribution in [2.75, 3.05) is 14.1 Å². The third-order valence-corrected chi connectivity index (χ3v) is 1.87. The fraction of sp³-hybridized carbons (Fsp3) is 0.556. The highest BCUT2D eigenvalue weighted by Gasteiger charge is 2.33. The van der Waals surface area contributed by atoms with Crippen LogP contribution >= 0.6 is 0 Å². The first-order valence-electron chi connectivity index (χ1n) is 4.18. The Kier molecular flexibility index (Phi) is 2.70. The molecule has 4 heteroatoms. The normalized spacial score (nSPS) is 16.9. The molecular weight excluding hydrogens is 170 g/mol. The molecule has 0 heterocycles. The topological polar surface area (TPSA) is 57.6 Å². The van der Waals surface area contributed by atoms with E-state index in [0.29, 0.717) is 5.57 Å². The maximum absolute atomic E-state index is 11.2. The SMILES string of the molecule is CN(C)/C=C(\C(=O)C(=O)O)C1CC1. The van der Waals surface area contributed by atoms with Crippen LogP contribution in [0.25, 0.3) is 0 Å². The lowest BCUT2D eigenvalue weighted by atomic mass is 10.1. The van der Waals surface area contributed by atoms with Gasteiger partial charge in [0.1, 0.15) is 0 Å². The summed E-state index contributed by atoms with van der Waals surface area (Å²) < 4.78 is 0. The van der Waals surface area contributed by atoms with E-state index in [1.54, 1.807) is 25.2 Å². The summed E-state index contributed by atoms with van der Waals surface area (Å²) in [5.74, 6) is -1.96. The number of carbonyl (C=O) groups is 2. The van der Waals surface area contributed by atoms with Crippen LogP contribution in [-0.4, -0.2) is 35.9 Å². The summed E-state index contributed by atoms with van der Waals surface area (Å²) >= 11 is 0. The van der Waals surface area contributed by atoms with Crippen molar-refractivity contribution in [3.63, 3.8) is 0 Å². The van der Waals surface area contributed by atoms with Gasteiger partial charge in [0.25, 0.3) is 5.78 Å². The number of carboxylic acid groups (broad SMARTS) is 1. The Labute approximate surface area is 76.8 Å². The highest BCUT2D eigenvalue weighted by Crippen LogP contribution is 2.36. The first-order chi connectivity index (χ1) is 6.02. The maximum atomic E-state index is 11.2. The summed E-state index contributed by atoms with van der Waals surface area (Å²) in [6.07, 6.45) is 3.46. The summed E-state index contributed by atoms with van der Waals surface area (Å²) in [6.45, 7) is 0. The highest BCUT2D eigenvalue weighted by atomic mass is 16.4. The predicted octanol–water partition coefficient (Wildman–Crippen LogP) is 0.496. The summed E-state index contributed by atoms with van der Waals surface area (Å²) in [5, 5.41) is 8.53. The number of carboxylic acids is 1. The average molecular weight is 183 g/mol. The minimum Gasteiger partial charge on any atom is -0.475 e. The Morgan fingerprint density at radius 3 is 2.23 bits per heavy atom. The molecule has 0 aliphatic heterocycles. The Hall–Kier alpha value is -1.32. The van der Waals surface area contributed by atoms with E-state index in [1.807, 2.05) is 0 Å². The van der Waals surface area contributed by atoms with E-state index in [2.05, 4.69) is 0 Å². The molecule has 0 aromatic rings. The van der Waals surface area contributed by atoms with Crippen LogP contribution in [0.4, 0.5) is 0 Å². The lowest BCUT2D eigenvalue weighted by Gasteiger charge is -2.08. The molecule has 1 aliphatic carbocycles. The second-order valence-electron chi connectivity index (χ2n) is 3.46. The summed E-state index contributed by atoms with van der Waals surface area (Å²) in [7, 11) is 3.55. The molecule has 0 saturated heterocycles. The van der Waals surface area contributed by atoms with Crippen LogP contribution in [0.2, 0.25) is 0 Å². The van der Waals surface area contributed by atoms with Crippen molar-refractivity contribution in [2.45, 2.75) is 12.8 Å². The molecule has 1 rings (SSSR count). The quantitative estimate of drug-likeness (QED) is 0.509. The second-order valence-corrected chi connectivity index (χ2v) is 3.46. The molecule has 0 spiro atoms. The minimum absolute atomic E-state index is 0.172. The number of aliphatic carboxylic acids is 1. The smallest absolute Gasteiger partial charge is 0.376 e. The Morgan fingerprint density at radius 2 is 1.92 bits per heavy atom. The third-order valence-electron chi connectivity index (χ3n) is 1.87. The maximum Gasteiger partial charge on any atom is 0.376 e. The third kappa shape index (κ3) is 2.57. The van der Waals surface area contributed by atoms with E-state index < -0.39 is 11.8 Å². The van der Waals surface area contributed by atoms with Crippen LogP contribution in [-0.2, 0) is 9.59 Å². The molecule has 0 radical (unpaired) electrons. The zero-order valence-corrected chi connectivity index (χ0v) is 7.78. The van der Waals surface area contributed by atoms with Crippen LogP contribution in [0.1, 0.15) is 12.8 Å². The van der Waals surface area contributed by atoms with Crippen LogP contribution in [0.15, 0.2) is 11.8 Å². The van der Waals surface area contributed by atoms with Crippen molar-refractivity contribution < 1.29 is 14.7 Å². The summed E-state index contributed by atoms with van der Waals surface area (Å²) in [5.41, 5.74) is 0.428. The molecule has 0 atom stereocenters. The largest absolute Gasteiger partial charge is 0.475 e. The van der Waals surface area contributed by atoms with Gasteiger partial charge in [0.05, 0.1) is 0 Å².